The predicted molar refractivity (Wildman–Crippen MR) is 117 cm³/mol. The molecular weight excluding hydrogens is 376 g/mol. The maximum Gasteiger partial charge on any atom is 0.246 e. The molecule has 0 spiro atoms. The second-order valence-electron chi connectivity index (χ2n) is 7.64. The van der Waals surface area contributed by atoms with Gasteiger partial charge in [0.15, 0.2) is 11.6 Å². The van der Waals surface area contributed by atoms with Crippen LogP contribution in [-0.4, -0.2) is 23.5 Å². The van der Waals surface area contributed by atoms with Crippen molar-refractivity contribution in [2.45, 2.75) is 26.8 Å². The Hall–Kier alpha value is -3.73. The third-order valence-corrected chi connectivity index (χ3v) is 5.34. The van der Waals surface area contributed by atoms with E-state index < -0.39 is 6.04 Å². The normalized spacial score (nSPS) is 13.3. The Labute approximate surface area is 175 Å². The Balaban J connectivity index is 1.54. The van der Waals surface area contributed by atoms with Gasteiger partial charge in [-0.2, -0.15) is 0 Å². The lowest BCUT2D eigenvalue weighted by Crippen LogP contribution is -2.32. The Morgan fingerprint density at radius 2 is 1.43 bits per heavy atom. The van der Waals surface area contributed by atoms with Crippen LogP contribution in [0.3, 0.4) is 0 Å². The fraction of sp³-hybridized carbons (Fsp3) is 0.160. The van der Waals surface area contributed by atoms with Crippen LogP contribution in [-0.2, 0) is 4.79 Å². The zero-order valence-corrected chi connectivity index (χ0v) is 17.1. The average molecular weight is 398 g/mol. The van der Waals surface area contributed by atoms with Crippen LogP contribution in [0.1, 0.15) is 49.9 Å². The first-order valence-corrected chi connectivity index (χ1v) is 9.82. The van der Waals surface area contributed by atoms with E-state index >= 15 is 0 Å². The summed E-state index contributed by atoms with van der Waals surface area (Å²) in [4.78, 5) is 38.2. The highest BCUT2D eigenvalue weighted by Gasteiger charge is 2.29. The number of carbonyl (C=O) groups excluding carboxylic acids is 3. The summed E-state index contributed by atoms with van der Waals surface area (Å²) >= 11 is 0. The summed E-state index contributed by atoms with van der Waals surface area (Å²) in [6.45, 7) is 5.79. The number of carbonyl (C=O) groups is 3. The van der Waals surface area contributed by atoms with Crippen molar-refractivity contribution in [1.29, 1.82) is 0 Å². The van der Waals surface area contributed by atoms with Crippen molar-refractivity contribution >= 4 is 28.8 Å². The molecular formula is C25H22N2O3. The molecule has 3 aromatic carbocycles. The molecule has 0 radical (unpaired) electrons. The first-order valence-electron chi connectivity index (χ1n) is 9.82. The van der Waals surface area contributed by atoms with Crippen molar-refractivity contribution in [3.63, 3.8) is 0 Å². The maximum absolute atomic E-state index is 12.9. The summed E-state index contributed by atoms with van der Waals surface area (Å²) in [7, 11) is 0. The molecule has 2 N–H and O–H groups in total. The van der Waals surface area contributed by atoms with E-state index in [1.54, 1.807) is 49.4 Å². The largest absolute Gasteiger partial charge is 0.374 e. The lowest BCUT2D eigenvalue weighted by atomic mass is 9.84. The van der Waals surface area contributed by atoms with Crippen molar-refractivity contribution in [3.05, 3.63) is 94.0 Å². The lowest BCUT2D eigenvalue weighted by molar-refractivity contribution is -0.116. The van der Waals surface area contributed by atoms with Crippen molar-refractivity contribution in [1.82, 2.24) is 0 Å². The topological polar surface area (TPSA) is 75.3 Å². The summed E-state index contributed by atoms with van der Waals surface area (Å²) in [5.74, 6) is -0.620. The number of nitrogens with one attached hydrogen (secondary N) is 2. The number of fused-ring (bicyclic) bond motifs is 2. The van der Waals surface area contributed by atoms with Gasteiger partial charge < -0.3 is 10.6 Å². The van der Waals surface area contributed by atoms with E-state index in [1.165, 1.54) is 0 Å². The molecule has 0 fully saturated rings. The van der Waals surface area contributed by atoms with Crippen LogP contribution in [0.2, 0.25) is 0 Å². The smallest absolute Gasteiger partial charge is 0.246 e. The number of rotatable bonds is 4. The van der Waals surface area contributed by atoms with Gasteiger partial charge in [0.1, 0.15) is 6.04 Å². The molecule has 150 valence electrons. The van der Waals surface area contributed by atoms with Crippen LogP contribution in [0, 0.1) is 13.8 Å². The Morgan fingerprint density at radius 1 is 0.800 bits per heavy atom. The van der Waals surface area contributed by atoms with Crippen LogP contribution in [0.15, 0.2) is 60.7 Å². The third-order valence-electron chi connectivity index (χ3n) is 5.34. The molecule has 30 heavy (non-hydrogen) atoms. The Kier molecular flexibility index (Phi) is 4.96. The molecule has 0 unspecified atom stereocenters. The first-order chi connectivity index (χ1) is 14.3. The van der Waals surface area contributed by atoms with Gasteiger partial charge in [-0.15, -0.1) is 0 Å². The van der Waals surface area contributed by atoms with Crippen LogP contribution < -0.4 is 10.6 Å². The fourth-order valence-corrected chi connectivity index (χ4v) is 3.70. The maximum atomic E-state index is 12.9. The Morgan fingerprint density at radius 3 is 2.10 bits per heavy atom. The van der Waals surface area contributed by atoms with Gasteiger partial charge in [-0.3, -0.25) is 14.4 Å². The van der Waals surface area contributed by atoms with E-state index in [-0.39, 0.29) is 17.5 Å². The highest BCUT2D eigenvalue weighted by Crippen LogP contribution is 2.29. The van der Waals surface area contributed by atoms with E-state index in [1.807, 2.05) is 26.0 Å². The van der Waals surface area contributed by atoms with Crippen molar-refractivity contribution in [3.8, 4) is 0 Å². The summed E-state index contributed by atoms with van der Waals surface area (Å²) in [6, 6.07) is 17.1. The minimum atomic E-state index is -0.486. The second-order valence-corrected chi connectivity index (χ2v) is 7.64. The van der Waals surface area contributed by atoms with Crippen molar-refractivity contribution < 1.29 is 14.4 Å². The number of ketones is 2. The molecule has 0 bridgehead atoms. The minimum Gasteiger partial charge on any atom is -0.374 e. The molecule has 1 atom stereocenters. The third kappa shape index (κ3) is 3.50. The van der Waals surface area contributed by atoms with E-state index in [0.29, 0.717) is 27.9 Å². The molecule has 1 aliphatic rings. The van der Waals surface area contributed by atoms with Crippen molar-refractivity contribution in [2.24, 2.45) is 0 Å². The summed E-state index contributed by atoms with van der Waals surface area (Å²) in [6.07, 6.45) is 0. The number of benzene rings is 3. The van der Waals surface area contributed by atoms with Gasteiger partial charge in [0.2, 0.25) is 5.91 Å². The van der Waals surface area contributed by atoms with E-state index in [4.69, 9.17) is 0 Å². The summed E-state index contributed by atoms with van der Waals surface area (Å²) in [5.41, 5.74) is 5.07. The van der Waals surface area contributed by atoms with Crippen LogP contribution in [0.4, 0.5) is 11.4 Å². The fourth-order valence-electron chi connectivity index (χ4n) is 3.70. The molecule has 3 aromatic rings. The van der Waals surface area contributed by atoms with Gasteiger partial charge in [-0.25, -0.2) is 0 Å². The standard InChI is InChI=1S/C25H22N2O3/c1-14-8-11-22(15(2)12-14)26-16(3)25(30)27-17-9-10-20-21(13-17)24(29)19-7-5-4-6-18(19)23(20)28/h4-13,16,26H,1-3H3,(H,27,30)/t16-/m1/s1. The molecule has 5 heteroatoms. The second kappa shape index (κ2) is 7.59. The predicted octanol–water partition coefficient (Wildman–Crippen LogP) is 4.52. The minimum absolute atomic E-state index is 0.178. The summed E-state index contributed by atoms with van der Waals surface area (Å²) in [5, 5.41) is 6.05. The van der Waals surface area contributed by atoms with Gasteiger partial charge in [-0.1, -0.05) is 42.0 Å². The molecule has 0 saturated carbocycles. The zero-order valence-electron chi connectivity index (χ0n) is 17.1. The zero-order chi connectivity index (χ0) is 21.4. The monoisotopic (exact) mass is 398 g/mol. The average Bonchev–Trinajstić information content (AvgIpc) is 2.74. The molecule has 0 saturated heterocycles. The summed E-state index contributed by atoms with van der Waals surface area (Å²) < 4.78 is 0. The van der Waals surface area contributed by atoms with E-state index in [9.17, 15) is 14.4 Å². The molecule has 5 nitrogen and oxygen atoms in total. The molecule has 1 amide bonds. The van der Waals surface area contributed by atoms with E-state index in [0.717, 1.165) is 16.8 Å². The molecule has 0 aliphatic heterocycles. The van der Waals surface area contributed by atoms with Gasteiger partial charge >= 0.3 is 0 Å². The Bertz CT molecular complexity index is 1200. The number of amides is 1. The highest BCUT2D eigenvalue weighted by molar-refractivity contribution is 6.28. The lowest BCUT2D eigenvalue weighted by Gasteiger charge is -2.20. The van der Waals surface area contributed by atoms with Crippen LogP contribution in [0.5, 0.6) is 0 Å². The number of anilines is 2. The van der Waals surface area contributed by atoms with Gasteiger partial charge in [-0.05, 0) is 50.6 Å². The number of hydrogen-bond acceptors (Lipinski definition) is 4. The van der Waals surface area contributed by atoms with Gasteiger partial charge in [0, 0.05) is 33.6 Å². The highest BCUT2D eigenvalue weighted by atomic mass is 16.2. The molecule has 4 rings (SSSR count). The molecule has 1 aliphatic carbocycles. The number of hydrogen-bond donors (Lipinski definition) is 2. The van der Waals surface area contributed by atoms with Crippen LogP contribution in [0.25, 0.3) is 0 Å². The SMILES string of the molecule is Cc1ccc(N[C@H](C)C(=O)Nc2ccc3c(c2)C(=O)c2ccccc2C3=O)c(C)c1. The first kappa shape index (κ1) is 19.6. The van der Waals surface area contributed by atoms with E-state index in [2.05, 4.69) is 16.7 Å². The van der Waals surface area contributed by atoms with Crippen LogP contribution >= 0.6 is 0 Å². The quantitative estimate of drug-likeness (QED) is 0.530. The van der Waals surface area contributed by atoms with Crippen molar-refractivity contribution in [2.75, 3.05) is 10.6 Å². The number of aryl methyl sites for hydroxylation is 2. The molecule has 0 heterocycles. The molecule has 0 aromatic heterocycles. The van der Waals surface area contributed by atoms with Gasteiger partial charge in [0.05, 0.1) is 0 Å². The van der Waals surface area contributed by atoms with Gasteiger partial charge in [0.25, 0.3) is 0 Å².